The van der Waals surface area contributed by atoms with Crippen molar-refractivity contribution in [2.75, 3.05) is 0 Å². The van der Waals surface area contributed by atoms with Crippen molar-refractivity contribution in [3.63, 3.8) is 0 Å². The summed E-state index contributed by atoms with van der Waals surface area (Å²) >= 11 is 0. The molecule has 14 aromatic rings. The molecule has 3 heteroatoms. The van der Waals surface area contributed by atoms with E-state index in [1.54, 1.807) is 0 Å². The van der Waals surface area contributed by atoms with E-state index in [0.717, 1.165) is 66.5 Å². The Morgan fingerprint density at radius 2 is 0.623 bits per heavy atom. The van der Waals surface area contributed by atoms with Crippen molar-refractivity contribution in [1.82, 2.24) is 9.13 Å². The normalized spacial score (nSPS) is 11.8. The van der Waals surface area contributed by atoms with Crippen LogP contribution in [0.15, 0.2) is 259 Å². The van der Waals surface area contributed by atoms with Crippen LogP contribution < -0.4 is 0 Å². The van der Waals surface area contributed by atoms with Gasteiger partial charge in [0.15, 0.2) is 5.58 Å². The Labute approximate surface area is 399 Å². The smallest absolute Gasteiger partial charge is 0.159 e. The number of para-hydroxylation sites is 2. The van der Waals surface area contributed by atoms with E-state index in [-0.39, 0.29) is 0 Å². The average molecular weight is 879 g/mol. The van der Waals surface area contributed by atoms with Gasteiger partial charge in [0, 0.05) is 38.0 Å². The first-order valence-corrected chi connectivity index (χ1v) is 23.6. The molecule has 0 N–H and O–H groups in total. The molecule has 69 heavy (non-hydrogen) atoms. The van der Waals surface area contributed by atoms with Gasteiger partial charge in [-0.3, -0.25) is 0 Å². The topological polar surface area (TPSA) is 23.0 Å². The van der Waals surface area contributed by atoms with Crippen LogP contribution in [0.5, 0.6) is 0 Å². The Kier molecular flexibility index (Phi) is 8.90. The van der Waals surface area contributed by atoms with Crippen LogP contribution in [0.25, 0.3) is 133 Å². The third kappa shape index (κ3) is 6.43. The summed E-state index contributed by atoms with van der Waals surface area (Å²) in [5, 5.41) is 6.96. The van der Waals surface area contributed by atoms with Crippen molar-refractivity contribution in [2.45, 2.75) is 0 Å². The van der Waals surface area contributed by atoms with Crippen molar-refractivity contribution in [3.8, 4) is 67.0 Å². The van der Waals surface area contributed by atoms with Crippen molar-refractivity contribution in [2.24, 2.45) is 0 Å². The lowest BCUT2D eigenvalue weighted by Crippen LogP contribution is -1.99. The van der Waals surface area contributed by atoms with Gasteiger partial charge in [-0.15, -0.1) is 0 Å². The van der Waals surface area contributed by atoms with E-state index >= 15 is 0 Å². The predicted molar refractivity (Wildman–Crippen MR) is 290 cm³/mol. The van der Waals surface area contributed by atoms with Gasteiger partial charge in [0.25, 0.3) is 0 Å². The van der Waals surface area contributed by atoms with Crippen LogP contribution in [0.2, 0.25) is 0 Å². The maximum absolute atomic E-state index is 7.08. The maximum Gasteiger partial charge on any atom is 0.159 e. The second-order valence-electron chi connectivity index (χ2n) is 18.1. The zero-order chi connectivity index (χ0) is 45.4. The zero-order valence-electron chi connectivity index (χ0n) is 37.6. The third-order valence-electron chi connectivity index (χ3n) is 14.1. The van der Waals surface area contributed by atoms with Crippen LogP contribution in [0.1, 0.15) is 0 Å². The molecule has 3 aromatic heterocycles. The number of rotatable bonds is 7. The number of aromatic nitrogens is 2. The van der Waals surface area contributed by atoms with Crippen molar-refractivity contribution < 1.29 is 4.42 Å². The van der Waals surface area contributed by atoms with Gasteiger partial charge in [-0.05, 0) is 122 Å². The average Bonchev–Trinajstić information content (AvgIpc) is 4.08. The minimum atomic E-state index is 0.850. The molecule has 0 unspecified atom stereocenters. The fraction of sp³-hybridized carbons (Fsp3) is 0. The number of benzene rings is 11. The monoisotopic (exact) mass is 878 g/mol. The highest BCUT2D eigenvalue weighted by Gasteiger charge is 2.22. The van der Waals surface area contributed by atoms with E-state index in [2.05, 4.69) is 264 Å². The van der Waals surface area contributed by atoms with Gasteiger partial charge in [-0.1, -0.05) is 188 Å². The van der Waals surface area contributed by atoms with Crippen LogP contribution in [0.3, 0.4) is 0 Å². The summed E-state index contributed by atoms with van der Waals surface area (Å²) in [6.45, 7) is 0. The molecule has 0 saturated carbocycles. The van der Waals surface area contributed by atoms with Crippen molar-refractivity contribution in [1.29, 1.82) is 0 Å². The van der Waals surface area contributed by atoms with Gasteiger partial charge in [0.05, 0.1) is 27.8 Å². The van der Waals surface area contributed by atoms with Crippen LogP contribution in [-0.4, -0.2) is 9.13 Å². The summed E-state index contributed by atoms with van der Waals surface area (Å²) in [5.41, 5.74) is 20.2. The number of fused-ring (bicyclic) bond motifs is 9. The standard InChI is InChI=1S/C66H42N2O/c1-4-15-43(16-5-1)46-27-29-47(30-28-46)48-21-14-22-49(37-48)52-33-36-65-58(40-52)59-41-53(42-64(66(59)69-65)68-60-25-12-10-23-54(60)55-24-11-13-26-61(55)68)67-62-34-31-50(44-17-6-2-7-18-44)38-56(62)57-39-51(32-35-63(57)67)45-19-8-3-9-20-45/h1-42H. The Hall–Kier alpha value is -9.18. The zero-order valence-corrected chi connectivity index (χ0v) is 37.6. The van der Waals surface area contributed by atoms with Crippen LogP contribution in [0.4, 0.5) is 0 Å². The summed E-state index contributed by atoms with van der Waals surface area (Å²) in [6.07, 6.45) is 0. The van der Waals surface area contributed by atoms with Gasteiger partial charge in [-0.25, -0.2) is 0 Å². The van der Waals surface area contributed by atoms with E-state index in [1.807, 2.05) is 0 Å². The van der Waals surface area contributed by atoms with Gasteiger partial charge >= 0.3 is 0 Å². The molecule has 0 bridgehead atoms. The highest BCUT2D eigenvalue weighted by Crippen LogP contribution is 2.44. The van der Waals surface area contributed by atoms with Crippen LogP contribution in [-0.2, 0) is 0 Å². The molecule has 3 heterocycles. The first kappa shape index (κ1) is 39.0. The molecule has 0 radical (unpaired) electrons. The number of nitrogens with zero attached hydrogens (tertiary/aromatic N) is 2. The summed E-state index contributed by atoms with van der Waals surface area (Å²) < 4.78 is 11.9. The minimum absolute atomic E-state index is 0.850. The molecular weight excluding hydrogens is 837 g/mol. The number of furan rings is 1. The molecular formula is C66H42N2O. The Balaban J connectivity index is 1.01. The van der Waals surface area contributed by atoms with Crippen molar-refractivity contribution in [3.05, 3.63) is 255 Å². The molecule has 322 valence electrons. The van der Waals surface area contributed by atoms with E-state index in [0.29, 0.717) is 0 Å². The summed E-state index contributed by atoms with van der Waals surface area (Å²) in [4.78, 5) is 0. The van der Waals surface area contributed by atoms with Crippen LogP contribution >= 0.6 is 0 Å². The lowest BCUT2D eigenvalue weighted by Gasteiger charge is -2.14. The summed E-state index contributed by atoms with van der Waals surface area (Å²) in [5.74, 6) is 0. The summed E-state index contributed by atoms with van der Waals surface area (Å²) in [7, 11) is 0. The van der Waals surface area contributed by atoms with Gasteiger partial charge in [0.1, 0.15) is 5.58 Å². The molecule has 0 aliphatic carbocycles. The van der Waals surface area contributed by atoms with E-state index in [4.69, 9.17) is 4.42 Å². The second kappa shape index (κ2) is 15.7. The molecule has 0 spiro atoms. The highest BCUT2D eigenvalue weighted by molar-refractivity contribution is 6.15. The molecule has 0 saturated heterocycles. The largest absolute Gasteiger partial charge is 0.454 e. The van der Waals surface area contributed by atoms with E-state index in [9.17, 15) is 0 Å². The fourth-order valence-electron chi connectivity index (χ4n) is 10.8. The summed E-state index contributed by atoms with van der Waals surface area (Å²) in [6, 6.07) is 92.4. The molecule has 14 rings (SSSR count). The predicted octanol–water partition coefficient (Wildman–Crippen LogP) is 18.1. The molecule has 11 aromatic carbocycles. The first-order chi connectivity index (χ1) is 34.2. The molecule has 0 amide bonds. The Morgan fingerprint density at radius 1 is 0.232 bits per heavy atom. The highest BCUT2D eigenvalue weighted by atomic mass is 16.3. The Bertz CT molecular complexity index is 4120. The fourth-order valence-corrected chi connectivity index (χ4v) is 10.8. The van der Waals surface area contributed by atoms with Gasteiger partial charge in [0.2, 0.25) is 0 Å². The molecule has 0 fully saturated rings. The molecule has 0 aliphatic heterocycles. The number of hydrogen-bond donors (Lipinski definition) is 0. The second-order valence-corrected chi connectivity index (χ2v) is 18.1. The minimum Gasteiger partial charge on any atom is -0.454 e. The SMILES string of the molecule is c1ccc(-c2ccc(-c3cccc(-c4ccc5oc6c(-n7c8ccccc8c8ccccc87)cc(-n7c8ccc(-c9ccccc9)cc8c8cc(-c9ccccc9)ccc87)cc6c5c4)c3)cc2)cc1. The van der Waals surface area contributed by atoms with E-state index in [1.165, 1.54) is 66.1 Å². The van der Waals surface area contributed by atoms with Crippen LogP contribution in [0, 0.1) is 0 Å². The van der Waals surface area contributed by atoms with Crippen molar-refractivity contribution >= 4 is 65.6 Å². The Morgan fingerprint density at radius 3 is 1.20 bits per heavy atom. The molecule has 3 nitrogen and oxygen atoms in total. The quantitative estimate of drug-likeness (QED) is 0.156. The third-order valence-corrected chi connectivity index (χ3v) is 14.1. The van der Waals surface area contributed by atoms with E-state index < -0.39 is 0 Å². The lowest BCUT2D eigenvalue weighted by molar-refractivity contribution is 0.666. The maximum atomic E-state index is 7.08. The van der Waals surface area contributed by atoms with Gasteiger partial charge in [-0.2, -0.15) is 0 Å². The molecule has 0 aliphatic rings. The number of hydrogen-bond acceptors (Lipinski definition) is 1. The first-order valence-electron chi connectivity index (χ1n) is 23.6. The lowest BCUT2D eigenvalue weighted by atomic mass is 9.96. The molecule has 0 atom stereocenters. The van der Waals surface area contributed by atoms with Gasteiger partial charge < -0.3 is 13.6 Å².